The van der Waals surface area contributed by atoms with Crippen molar-refractivity contribution in [3.8, 4) is 11.1 Å². The van der Waals surface area contributed by atoms with E-state index in [0.717, 1.165) is 11.3 Å². The zero-order valence-corrected chi connectivity index (χ0v) is 22.1. The molecule has 0 unspecified atom stereocenters. The van der Waals surface area contributed by atoms with E-state index in [4.69, 9.17) is 9.26 Å². The molecule has 4 rings (SSSR count). The highest BCUT2D eigenvalue weighted by atomic mass is 28.4. The number of hydrogen-bond donors (Lipinski definition) is 0. The summed E-state index contributed by atoms with van der Waals surface area (Å²) in [5.74, 6) is 0.310. The maximum absolute atomic E-state index is 15.3. The van der Waals surface area contributed by atoms with Gasteiger partial charge in [-0.15, -0.1) is 0 Å². The summed E-state index contributed by atoms with van der Waals surface area (Å²) in [5, 5.41) is 4.27. The highest BCUT2D eigenvalue weighted by molar-refractivity contribution is 6.74. The Labute approximate surface area is 207 Å². The number of hydrogen-bond acceptors (Lipinski definition) is 6. The van der Waals surface area contributed by atoms with Crippen molar-refractivity contribution >= 4 is 20.0 Å². The van der Waals surface area contributed by atoms with Crippen LogP contribution < -0.4 is 4.90 Å². The molecule has 2 heterocycles. The molecule has 2 aromatic carbocycles. The predicted octanol–water partition coefficient (Wildman–Crippen LogP) is 6.20. The third-order valence-electron chi connectivity index (χ3n) is 6.72. The number of rotatable bonds is 8. The first-order chi connectivity index (χ1) is 16.6. The SMILES string of the molecule is CC(C)(C)[Si](C)(C)OCc1cccc(-c2cnc(N3CC(=NOCc4ccccc4)C3)nc2)c1F. The van der Waals surface area contributed by atoms with Crippen LogP contribution in [-0.2, 0) is 22.5 Å². The summed E-state index contributed by atoms with van der Waals surface area (Å²) in [6.45, 7) is 12.8. The average molecular weight is 493 g/mol. The monoisotopic (exact) mass is 492 g/mol. The molecule has 1 fully saturated rings. The molecule has 3 aromatic rings. The van der Waals surface area contributed by atoms with Gasteiger partial charge < -0.3 is 14.2 Å². The molecule has 35 heavy (non-hydrogen) atoms. The molecular weight excluding hydrogens is 459 g/mol. The number of nitrogens with zero attached hydrogens (tertiary/aromatic N) is 4. The number of anilines is 1. The van der Waals surface area contributed by atoms with Crippen molar-refractivity contribution in [2.75, 3.05) is 18.0 Å². The summed E-state index contributed by atoms with van der Waals surface area (Å²) >= 11 is 0. The van der Waals surface area contributed by atoms with Crippen LogP contribution >= 0.6 is 0 Å². The topological polar surface area (TPSA) is 59.8 Å². The van der Waals surface area contributed by atoms with Crippen LogP contribution in [0.3, 0.4) is 0 Å². The first-order valence-electron chi connectivity index (χ1n) is 11.8. The standard InChI is InChI=1S/C27H33FN4O2Si/c1-27(2,3)35(4,5)34-19-21-12-9-13-24(25(21)28)22-14-29-26(30-15-22)32-16-23(17-32)31-33-18-20-10-7-6-8-11-20/h6-15H,16-19H2,1-5H3. The largest absolute Gasteiger partial charge is 0.412 e. The van der Waals surface area contributed by atoms with E-state index in [0.29, 0.717) is 42.3 Å². The number of halogens is 1. The van der Waals surface area contributed by atoms with Crippen LogP contribution in [-0.4, -0.2) is 37.1 Å². The van der Waals surface area contributed by atoms with Crippen LogP contribution in [0.4, 0.5) is 10.3 Å². The zero-order valence-electron chi connectivity index (χ0n) is 21.1. The molecular formula is C27H33FN4O2Si. The van der Waals surface area contributed by atoms with Crippen LogP contribution in [0, 0.1) is 5.82 Å². The van der Waals surface area contributed by atoms with Gasteiger partial charge in [0.05, 0.1) is 25.4 Å². The van der Waals surface area contributed by atoms with Gasteiger partial charge in [-0.05, 0) is 23.7 Å². The quantitative estimate of drug-likeness (QED) is 0.277. The Hall–Kier alpha value is -3.10. The van der Waals surface area contributed by atoms with Crippen LogP contribution in [0.15, 0.2) is 66.1 Å². The number of oxime groups is 1. The van der Waals surface area contributed by atoms with Crippen molar-refractivity contribution in [1.29, 1.82) is 0 Å². The second kappa shape index (κ2) is 10.3. The Bertz CT molecular complexity index is 1170. The maximum Gasteiger partial charge on any atom is 0.225 e. The molecule has 0 N–H and O–H groups in total. The second-order valence-electron chi connectivity index (χ2n) is 10.4. The molecule has 0 aliphatic carbocycles. The summed E-state index contributed by atoms with van der Waals surface area (Å²) < 4.78 is 21.5. The Balaban J connectivity index is 1.35. The summed E-state index contributed by atoms with van der Waals surface area (Å²) in [6, 6.07) is 15.3. The first kappa shape index (κ1) is 25.0. The summed E-state index contributed by atoms with van der Waals surface area (Å²) in [6.07, 6.45) is 3.33. The maximum atomic E-state index is 15.3. The molecule has 8 heteroatoms. The molecule has 1 saturated heterocycles. The highest BCUT2D eigenvalue weighted by Crippen LogP contribution is 2.37. The smallest absolute Gasteiger partial charge is 0.225 e. The van der Waals surface area contributed by atoms with Gasteiger partial charge in [0.2, 0.25) is 5.95 Å². The van der Waals surface area contributed by atoms with E-state index in [-0.39, 0.29) is 17.5 Å². The van der Waals surface area contributed by atoms with E-state index in [1.807, 2.05) is 41.3 Å². The van der Waals surface area contributed by atoms with Crippen LogP contribution in [0.25, 0.3) is 11.1 Å². The molecule has 0 radical (unpaired) electrons. The van der Waals surface area contributed by atoms with Gasteiger partial charge in [-0.25, -0.2) is 14.4 Å². The summed E-state index contributed by atoms with van der Waals surface area (Å²) in [7, 11) is -1.97. The lowest BCUT2D eigenvalue weighted by Gasteiger charge is -2.36. The summed E-state index contributed by atoms with van der Waals surface area (Å²) in [5.41, 5.74) is 3.69. The summed E-state index contributed by atoms with van der Waals surface area (Å²) in [4.78, 5) is 16.3. The minimum absolute atomic E-state index is 0.0697. The van der Waals surface area contributed by atoms with Crippen molar-refractivity contribution < 1.29 is 13.7 Å². The minimum atomic E-state index is -1.97. The van der Waals surface area contributed by atoms with Gasteiger partial charge >= 0.3 is 0 Å². The van der Waals surface area contributed by atoms with Crippen molar-refractivity contribution in [1.82, 2.24) is 9.97 Å². The predicted molar refractivity (Wildman–Crippen MR) is 140 cm³/mol. The fraction of sp³-hybridized carbons (Fsp3) is 0.370. The molecule has 6 nitrogen and oxygen atoms in total. The van der Waals surface area contributed by atoms with Gasteiger partial charge in [-0.2, -0.15) is 0 Å². The number of benzene rings is 2. The molecule has 0 amide bonds. The molecule has 0 saturated carbocycles. The van der Waals surface area contributed by atoms with Gasteiger partial charge in [0, 0.05) is 29.1 Å². The van der Waals surface area contributed by atoms with Gasteiger partial charge in [-0.3, -0.25) is 0 Å². The van der Waals surface area contributed by atoms with Crippen molar-refractivity contribution in [2.24, 2.45) is 5.16 Å². The fourth-order valence-electron chi connectivity index (χ4n) is 3.38. The normalized spacial score (nSPS) is 14.0. The lowest BCUT2D eigenvalue weighted by molar-refractivity contribution is 0.129. The Morgan fingerprint density at radius 3 is 2.31 bits per heavy atom. The van der Waals surface area contributed by atoms with Gasteiger partial charge in [0.25, 0.3) is 0 Å². The van der Waals surface area contributed by atoms with E-state index in [1.165, 1.54) is 0 Å². The Morgan fingerprint density at radius 2 is 1.66 bits per heavy atom. The fourth-order valence-corrected chi connectivity index (χ4v) is 4.33. The molecule has 1 aliphatic heterocycles. The van der Waals surface area contributed by atoms with E-state index >= 15 is 4.39 Å². The van der Waals surface area contributed by atoms with Crippen molar-refractivity contribution in [2.45, 2.75) is 52.1 Å². The molecule has 1 aliphatic rings. The average Bonchev–Trinajstić information content (AvgIpc) is 2.80. The third kappa shape index (κ3) is 5.94. The zero-order chi connectivity index (χ0) is 25.1. The van der Waals surface area contributed by atoms with E-state index in [2.05, 4.69) is 49.0 Å². The Kier molecular flexibility index (Phi) is 7.33. The third-order valence-corrected chi connectivity index (χ3v) is 11.2. The second-order valence-corrected chi connectivity index (χ2v) is 15.2. The lowest BCUT2D eigenvalue weighted by Crippen LogP contribution is -2.48. The van der Waals surface area contributed by atoms with Crippen LogP contribution in [0.1, 0.15) is 31.9 Å². The van der Waals surface area contributed by atoms with Gasteiger partial charge in [-0.1, -0.05) is 74.5 Å². The van der Waals surface area contributed by atoms with Crippen molar-refractivity contribution in [3.63, 3.8) is 0 Å². The molecule has 184 valence electrons. The Morgan fingerprint density at radius 1 is 0.971 bits per heavy atom. The lowest BCUT2D eigenvalue weighted by atomic mass is 10.1. The van der Waals surface area contributed by atoms with Crippen molar-refractivity contribution in [3.05, 3.63) is 77.9 Å². The molecule has 0 bridgehead atoms. The first-order valence-corrected chi connectivity index (χ1v) is 14.8. The molecule has 0 spiro atoms. The molecule has 0 atom stereocenters. The van der Waals surface area contributed by atoms with Crippen LogP contribution in [0.2, 0.25) is 18.1 Å². The van der Waals surface area contributed by atoms with E-state index in [1.54, 1.807) is 24.5 Å². The van der Waals surface area contributed by atoms with Gasteiger partial charge in [0.15, 0.2) is 8.32 Å². The minimum Gasteiger partial charge on any atom is -0.412 e. The highest BCUT2D eigenvalue weighted by Gasteiger charge is 2.37. The molecule has 1 aromatic heterocycles. The van der Waals surface area contributed by atoms with Crippen LogP contribution in [0.5, 0.6) is 0 Å². The van der Waals surface area contributed by atoms with E-state index < -0.39 is 8.32 Å². The number of aromatic nitrogens is 2. The van der Waals surface area contributed by atoms with E-state index in [9.17, 15) is 0 Å². The van der Waals surface area contributed by atoms with Gasteiger partial charge in [0.1, 0.15) is 12.4 Å².